The first-order valence-corrected chi connectivity index (χ1v) is 5.85. The van der Waals surface area contributed by atoms with Gasteiger partial charge in [-0.25, -0.2) is 4.98 Å². The Bertz CT molecular complexity index is 394. The van der Waals surface area contributed by atoms with E-state index in [1.807, 2.05) is 0 Å². The molecule has 1 unspecified atom stereocenters. The van der Waals surface area contributed by atoms with Crippen LogP contribution in [0.5, 0.6) is 0 Å². The maximum atomic E-state index is 11.7. The third-order valence-corrected chi connectivity index (χ3v) is 2.63. The van der Waals surface area contributed by atoms with Gasteiger partial charge in [0.15, 0.2) is 0 Å². The minimum atomic E-state index is -0.0824. The van der Waals surface area contributed by atoms with Gasteiger partial charge < -0.3 is 15.4 Å². The second-order valence-corrected chi connectivity index (χ2v) is 4.20. The summed E-state index contributed by atoms with van der Waals surface area (Å²) < 4.78 is 5.45. The molecule has 1 amide bonds. The molecule has 1 atom stereocenters. The minimum Gasteiger partial charge on any atom is -0.375 e. The fourth-order valence-electron chi connectivity index (χ4n) is 1.65. The molecule has 2 heterocycles. The van der Waals surface area contributed by atoms with E-state index in [1.54, 1.807) is 18.3 Å². The lowest BCUT2D eigenvalue weighted by molar-refractivity contribution is -0.119. The van der Waals surface area contributed by atoms with Crippen LogP contribution in [0, 0.1) is 0 Å². The molecule has 1 aromatic rings. The highest BCUT2D eigenvalue weighted by Crippen LogP contribution is 2.12. The van der Waals surface area contributed by atoms with Crippen LogP contribution in [0.4, 0.5) is 5.69 Å². The molecule has 2 rings (SSSR count). The first-order chi connectivity index (χ1) is 8.24. The van der Waals surface area contributed by atoms with Gasteiger partial charge in [-0.3, -0.25) is 4.79 Å². The smallest absolute Gasteiger partial charge is 0.227 e. The summed E-state index contributed by atoms with van der Waals surface area (Å²) >= 11 is 5.72. The molecule has 2 N–H and O–H groups in total. The number of pyridine rings is 1. The summed E-state index contributed by atoms with van der Waals surface area (Å²) in [5.74, 6) is -0.0824. The summed E-state index contributed by atoms with van der Waals surface area (Å²) in [6, 6.07) is 3.31. The number of amides is 1. The Morgan fingerprint density at radius 3 is 3.29 bits per heavy atom. The van der Waals surface area contributed by atoms with Crippen LogP contribution in [0.3, 0.4) is 0 Å². The summed E-state index contributed by atoms with van der Waals surface area (Å²) in [4.78, 5) is 15.6. The van der Waals surface area contributed by atoms with Crippen LogP contribution < -0.4 is 10.6 Å². The van der Waals surface area contributed by atoms with Gasteiger partial charge in [0.05, 0.1) is 19.1 Å². The molecule has 1 aliphatic rings. The van der Waals surface area contributed by atoms with Gasteiger partial charge >= 0.3 is 0 Å². The molecule has 92 valence electrons. The lowest BCUT2D eigenvalue weighted by atomic mass is 10.2. The maximum Gasteiger partial charge on any atom is 0.227 e. The average molecular weight is 256 g/mol. The lowest BCUT2D eigenvalue weighted by Gasteiger charge is -2.23. The number of nitrogens with zero attached hydrogens (tertiary/aromatic N) is 1. The van der Waals surface area contributed by atoms with Crippen molar-refractivity contribution in [3.63, 3.8) is 0 Å². The molecule has 6 heteroatoms. The van der Waals surface area contributed by atoms with Crippen molar-refractivity contribution in [1.29, 1.82) is 0 Å². The molecule has 0 aliphatic carbocycles. The molecule has 1 aliphatic heterocycles. The molecule has 0 aromatic carbocycles. The van der Waals surface area contributed by atoms with Crippen molar-refractivity contribution < 1.29 is 9.53 Å². The second-order valence-electron chi connectivity index (χ2n) is 3.82. The lowest BCUT2D eigenvalue weighted by Crippen LogP contribution is -2.40. The van der Waals surface area contributed by atoms with Crippen LogP contribution in [0.1, 0.15) is 6.42 Å². The topological polar surface area (TPSA) is 63.2 Å². The molecule has 0 spiro atoms. The number of ether oxygens (including phenoxy) is 1. The predicted octanol–water partition coefficient (Wildman–Crippen LogP) is 1.05. The van der Waals surface area contributed by atoms with Crippen molar-refractivity contribution in [3.8, 4) is 0 Å². The maximum absolute atomic E-state index is 11.7. The van der Waals surface area contributed by atoms with Crippen molar-refractivity contribution in [3.05, 3.63) is 23.5 Å². The van der Waals surface area contributed by atoms with E-state index in [0.29, 0.717) is 30.4 Å². The highest BCUT2D eigenvalue weighted by atomic mass is 35.5. The molecule has 1 saturated heterocycles. The summed E-state index contributed by atoms with van der Waals surface area (Å²) in [7, 11) is 0. The number of halogens is 1. The van der Waals surface area contributed by atoms with E-state index in [0.717, 1.165) is 6.54 Å². The van der Waals surface area contributed by atoms with Crippen molar-refractivity contribution in [2.45, 2.75) is 12.5 Å². The summed E-state index contributed by atoms with van der Waals surface area (Å²) in [5, 5.41) is 6.30. The molecular weight excluding hydrogens is 242 g/mol. The van der Waals surface area contributed by atoms with E-state index in [2.05, 4.69) is 15.6 Å². The average Bonchev–Trinajstić information content (AvgIpc) is 2.30. The normalized spacial score (nSPS) is 19.9. The molecule has 0 radical (unpaired) electrons. The summed E-state index contributed by atoms with van der Waals surface area (Å²) in [6.07, 6.45) is 1.84. The van der Waals surface area contributed by atoms with E-state index < -0.39 is 0 Å². The van der Waals surface area contributed by atoms with Crippen molar-refractivity contribution in [2.24, 2.45) is 0 Å². The zero-order valence-electron chi connectivity index (χ0n) is 9.28. The highest BCUT2D eigenvalue weighted by Gasteiger charge is 2.17. The highest BCUT2D eigenvalue weighted by molar-refractivity contribution is 6.29. The Morgan fingerprint density at radius 2 is 2.59 bits per heavy atom. The zero-order valence-corrected chi connectivity index (χ0v) is 10.0. The standard InChI is InChI=1S/C11H14ClN3O2/c12-10-5-8(1-2-14-10)15-11(16)6-9-7-13-3-4-17-9/h1-2,5,9,13H,3-4,6-7H2,(H,14,15,16). The van der Waals surface area contributed by atoms with Crippen LogP contribution in [-0.2, 0) is 9.53 Å². The largest absolute Gasteiger partial charge is 0.375 e. The van der Waals surface area contributed by atoms with Crippen LogP contribution >= 0.6 is 11.6 Å². The Morgan fingerprint density at radius 1 is 1.71 bits per heavy atom. The van der Waals surface area contributed by atoms with Crippen molar-refractivity contribution in [1.82, 2.24) is 10.3 Å². The number of hydrogen-bond donors (Lipinski definition) is 2. The molecule has 0 saturated carbocycles. The van der Waals surface area contributed by atoms with Crippen LogP contribution in [0.2, 0.25) is 5.15 Å². The number of rotatable bonds is 3. The van der Waals surface area contributed by atoms with Gasteiger partial charge in [-0.05, 0) is 12.1 Å². The molecule has 17 heavy (non-hydrogen) atoms. The molecule has 0 bridgehead atoms. The Kier molecular flexibility index (Phi) is 4.30. The SMILES string of the molecule is O=C(CC1CNCCO1)Nc1ccnc(Cl)c1. The van der Waals surface area contributed by atoms with Gasteiger partial charge in [0, 0.05) is 25.0 Å². The number of hydrogen-bond acceptors (Lipinski definition) is 4. The van der Waals surface area contributed by atoms with Gasteiger partial charge in [0.1, 0.15) is 5.15 Å². The summed E-state index contributed by atoms with van der Waals surface area (Å²) in [6.45, 7) is 2.21. The van der Waals surface area contributed by atoms with Gasteiger partial charge in [-0.15, -0.1) is 0 Å². The van der Waals surface area contributed by atoms with E-state index >= 15 is 0 Å². The molecule has 5 nitrogen and oxygen atoms in total. The van der Waals surface area contributed by atoms with E-state index in [1.165, 1.54) is 0 Å². The number of aromatic nitrogens is 1. The van der Waals surface area contributed by atoms with Gasteiger partial charge in [-0.2, -0.15) is 0 Å². The molecular formula is C11H14ClN3O2. The fraction of sp³-hybridized carbons (Fsp3) is 0.455. The van der Waals surface area contributed by atoms with Crippen molar-refractivity contribution >= 4 is 23.2 Å². The predicted molar refractivity (Wildman–Crippen MR) is 65.1 cm³/mol. The van der Waals surface area contributed by atoms with E-state index in [9.17, 15) is 4.79 Å². The van der Waals surface area contributed by atoms with Crippen LogP contribution in [0.15, 0.2) is 18.3 Å². The number of anilines is 1. The van der Waals surface area contributed by atoms with Gasteiger partial charge in [0.25, 0.3) is 0 Å². The Labute approximate surface area is 105 Å². The number of morpholine rings is 1. The third kappa shape index (κ3) is 3.96. The second kappa shape index (κ2) is 5.95. The third-order valence-electron chi connectivity index (χ3n) is 2.43. The Balaban J connectivity index is 1.84. The van der Waals surface area contributed by atoms with Crippen molar-refractivity contribution in [2.75, 3.05) is 25.0 Å². The number of carbonyl (C=O) groups excluding carboxylic acids is 1. The van der Waals surface area contributed by atoms with E-state index in [4.69, 9.17) is 16.3 Å². The first kappa shape index (κ1) is 12.3. The van der Waals surface area contributed by atoms with E-state index in [-0.39, 0.29) is 12.0 Å². The van der Waals surface area contributed by atoms with Gasteiger partial charge in [0.2, 0.25) is 5.91 Å². The quantitative estimate of drug-likeness (QED) is 0.793. The number of carbonyl (C=O) groups is 1. The summed E-state index contributed by atoms with van der Waals surface area (Å²) in [5.41, 5.74) is 0.652. The first-order valence-electron chi connectivity index (χ1n) is 5.48. The number of nitrogens with one attached hydrogen (secondary N) is 2. The van der Waals surface area contributed by atoms with Gasteiger partial charge in [-0.1, -0.05) is 11.6 Å². The monoisotopic (exact) mass is 255 g/mol. The Hall–Kier alpha value is -1.17. The molecule has 1 fully saturated rings. The van der Waals surface area contributed by atoms with Crippen LogP contribution in [0.25, 0.3) is 0 Å². The minimum absolute atomic E-state index is 0.0546. The molecule has 1 aromatic heterocycles. The zero-order chi connectivity index (χ0) is 12.1. The van der Waals surface area contributed by atoms with Crippen LogP contribution in [-0.4, -0.2) is 36.7 Å². The fourth-order valence-corrected chi connectivity index (χ4v) is 1.82.